The fraction of sp³-hybridized carbons (Fsp3) is 0.406. The molecule has 2 fully saturated rings. The number of ether oxygens (including phenoxy) is 1. The normalized spacial score (nSPS) is 20.7. The minimum Gasteiger partial charge on any atom is -0.383 e. The number of fused-ring (bicyclic) bond motifs is 1. The van der Waals surface area contributed by atoms with Gasteiger partial charge in [0.2, 0.25) is 0 Å². The Morgan fingerprint density at radius 1 is 1.03 bits per heavy atom. The first-order valence-corrected chi connectivity index (χ1v) is 14.9. The number of rotatable bonds is 8. The maximum absolute atomic E-state index is 14.0. The van der Waals surface area contributed by atoms with Crippen LogP contribution in [0, 0.1) is 11.7 Å². The number of amides is 1. The molecule has 2 unspecified atom stereocenters. The minimum atomic E-state index is -0.171. The lowest BCUT2D eigenvalue weighted by molar-refractivity contribution is 0.0782. The van der Waals surface area contributed by atoms with Crippen LogP contribution in [0.25, 0.3) is 10.9 Å². The maximum Gasteiger partial charge on any atom is 0.256 e. The van der Waals surface area contributed by atoms with E-state index < -0.39 is 0 Å². The van der Waals surface area contributed by atoms with Gasteiger partial charge in [0.15, 0.2) is 0 Å². The molecule has 0 aliphatic carbocycles. The van der Waals surface area contributed by atoms with E-state index in [1.54, 1.807) is 30.6 Å². The number of carbonyl (C=O) groups excluding carboxylic acids is 1. The van der Waals surface area contributed by atoms with Gasteiger partial charge in [0.05, 0.1) is 17.7 Å². The van der Waals surface area contributed by atoms with E-state index in [0.717, 1.165) is 68.6 Å². The zero-order chi connectivity index (χ0) is 26.8. The highest BCUT2D eigenvalue weighted by molar-refractivity contribution is 7.08. The third-order valence-corrected chi connectivity index (χ3v) is 9.38. The van der Waals surface area contributed by atoms with E-state index >= 15 is 0 Å². The van der Waals surface area contributed by atoms with Crippen LogP contribution in [0.2, 0.25) is 0 Å². The van der Waals surface area contributed by atoms with Crippen molar-refractivity contribution in [2.75, 3.05) is 46.4 Å². The Morgan fingerprint density at radius 3 is 2.59 bits per heavy atom. The molecule has 7 heteroatoms. The van der Waals surface area contributed by atoms with E-state index in [1.807, 2.05) is 24.3 Å². The Kier molecular flexibility index (Phi) is 7.82. The second-order valence-electron chi connectivity index (χ2n) is 11.0. The van der Waals surface area contributed by atoms with Gasteiger partial charge in [0, 0.05) is 50.8 Å². The molecule has 4 heterocycles. The molecule has 2 atom stereocenters. The number of likely N-dealkylation sites (tertiary alicyclic amines) is 2. The number of piperidine rings is 1. The topological polar surface area (TPSA) is 37.7 Å². The van der Waals surface area contributed by atoms with Crippen LogP contribution in [-0.2, 0) is 11.3 Å². The smallest absolute Gasteiger partial charge is 0.256 e. The third kappa shape index (κ3) is 5.53. The quantitative estimate of drug-likeness (QED) is 0.264. The monoisotopic (exact) mass is 545 g/mol. The molecule has 2 aliphatic heterocycles. The van der Waals surface area contributed by atoms with Crippen LogP contribution in [0.1, 0.15) is 46.2 Å². The molecule has 204 valence electrons. The Bertz CT molecular complexity index is 1390. The summed E-state index contributed by atoms with van der Waals surface area (Å²) in [7, 11) is 1.71. The van der Waals surface area contributed by atoms with Gasteiger partial charge in [0.25, 0.3) is 5.91 Å². The number of methoxy groups -OCH3 is 1. The van der Waals surface area contributed by atoms with Crippen LogP contribution >= 0.6 is 11.3 Å². The molecule has 2 aromatic heterocycles. The van der Waals surface area contributed by atoms with Crippen molar-refractivity contribution in [3.8, 4) is 0 Å². The van der Waals surface area contributed by atoms with Crippen LogP contribution in [-0.4, -0.2) is 66.7 Å². The third-order valence-electron chi connectivity index (χ3n) is 8.68. The molecule has 0 N–H and O–H groups in total. The summed E-state index contributed by atoms with van der Waals surface area (Å²) >= 11 is 1.73. The highest BCUT2D eigenvalue weighted by Crippen LogP contribution is 2.37. The van der Waals surface area contributed by atoms with Crippen molar-refractivity contribution >= 4 is 28.1 Å². The van der Waals surface area contributed by atoms with Gasteiger partial charge in [-0.25, -0.2) is 4.39 Å². The average molecular weight is 546 g/mol. The zero-order valence-corrected chi connectivity index (χ0v) is 23.3. The Labute approximate surface area is 233 Å². The average Bonchev–Trinajstić information content (AvgIpc) is 3.72. The summed E-state index contributed by atoms with van der Waals surface area (Å²) in [5, 5.41) is 5.49. The molecule has 4 aromatic rings. The number of halogens is 1. The first-order valence-electron chi connectivity index (χ1n) is 14.0. The zero-order valence-electron chi connectivity index (χ0n) is 22.5. The van der Waals surface area contributed by atoms with Crippen LogP contribution < -0.4 is 0 Å². The molecular weight excluding hydrogens is 509 g/mol. The van der Waals surface area contributed by atoms with Crippen molar-refractivity contribution in [3.05, 3.63) is 94.1 Å². The van der Waals surface area contributed by atoms with Crippen molar-refractivity contribution in [1.82, 2.24) is 14.4 Å². The second kappa shape index (κ2) is 11.6. The SMILES string of the molecule is COCCn1ccc2cccc(C(=O)N3CC(CN4CCC(c5ccc(F)cc5)CC4)C(c4ccsc4)C3)c21. The number of benzene rings is 2. The highest BCUT2D eigenvalue weighted by Gasteiger charge is 2.38. The van der Waals surface area contributed by atoms with Crippen molar-refractivity contribution in [2.24, 2.45) is 5.92 Å². The molecule has 2 aliphatic rings. The van der Waals surface area contributed by atoms with Crippen molar-refractivity contribution in [2.45, 2.75) is 31.2 Å². The first-order chi connectivity index (χ1) is 19.1. The molecule has 1 amide bonds. The van der Waals surface area contributed by atoms with Gasteiger partial charge in [-0.3, -0.25) is 4.79 Å². The number of thiophene rings is 1. The summed E-state index contributed by atoms with van der Waals surface area (Å²) < 4.78 is 20.8. The number of hydrogen-bond acceptors (Lipinski definition) is 4. The Hall–Kier alpha value is -3.00. The lowest BCUT2D eigenvalue weighted by Crippen LogP contribution is -2.38. The molecule has 0 spiro atoms. The summed E-state index contributed by atoms with van der Waals surface area (Å²) in [6.45, 7) is 5.92. The molecule has 5 nitrogen and oxygen atoms in total. The maximum atomic E-state index is 14.0. The molecule has 0 radical (unpaired) electrons. The molecule has 0 bridgehead atoms. The van der Waals surface area contributed by atoms with Gasteiger partial charge in [-0.15, -0.1) is 0 Å². The highest BCUT2D eigenvalue weighted by atomic mass is 32.1. The number of nitrogens with zero attached hydrogens (tertiary/aromatic N) is 3. The number of para-hydroxylation sites is 1. The largest absolute Gasteiger partial charge is 0.383 e. The number of aromatic nitrogens is 1. The molecule has 2 saturated heterocycles. The van der Waals surface area contributed by atoms with Gasteiger partial charge < -0.3 is 19.1 Å². The fourth-order valence-corrected chi connectivity index (χ4v) is 7.31. The predicted octanol–water partition coefficient (Wildman–Crippen LogP) is 6.22. The first kappa shape index (κ1) is 26.2. The standard InChI is InChI=1S/C32H36FN3O2S/c1-38-17-16-35-15-11-25-3-2-4-29(31(25)35)32(37)36-20-27(30(21-36)26-12-18-39-22-26)19-34-13-9-24(10-14-34)23-5-7-28(33)8-6-23/h2-8,11-12,15,18,22,24,27,30H,9-10,13-14,16-17,19-21H2,1H3. The van der Waals surface area contributed by atoms with Gasteiger partial charge in [-0.1, -0.05) is 24.3 Å². The van der Waals surface area contributed by atoms with E-state index in [1.165, 1.54) is 11.1 Å². The molecule has 6 rings (SSSR count). The van der Waals surface area contributed by atoms with E-state index in [0.29, 0.717) is 24.4 Å². The van der Waals surface area contributed by atoms with E-state index in [9.17, 15) is 9.18 Å². The van der Waals surface area contributed by atoms with Crippen molar-refractivity contribution < 1.29 is 13.9 Å². The lowest BCUT2D eigenvalue weighted by Gasteiger charge is -2.34. The number of carbonyl (C=O) groups is 1. The molecule has 0 saturated carbocycles. The Morgan fingerprint density at radius 2 is 1.85 bits per heavy atom. The van der Waals surface area contributed by atoms with Crippen molar-refractivity contribution in [3.63, 3.8) is 0 Å². The molecule has 39 heavy (non-hydrogen) atoms. The number of hydrogen-bond donors (Lipinski definition) is 0. The minimum absolute atomic E-state index is 0.121. The lowest BCUT2D eigenvalue weighted by atomic mass is 9.87. The fourth-order valence-electron chi connectivity index (χ4n) is 6.58. The summed E-state index contributed by atoms with van der Waals surface area (Å²) in [4.78, 5) is 18.7. The summed E-state index contributed by atoms with van der Waals surface area (Å²) in [5.74, 6) is 1.18. The second-order valence-corrected chi connectivity index (χ2v) is 11.8. The predicted molar refractivity (Wildman–Crippen MR) is 155 cm³/mol. The van der Waals surface area contributed by atoms with E-state index in [2.05, 4.69) is 49.5 Å². The van der Waals surface area contributed by atoms with Crippen LogP contribution in [0.15, 0.2) is 71.6 Å². The van der Waals surface area contributed by atoms with Crippen LogP contribution in [0.4, 0.5) is 4.39 Å². The summed E-state index contributed by atoms with van der Waals surface area (Å²) in [6, 6.07) is 17.4. The van der Waals surface area contributed by atoms with Gasteiger partial charge >= 0.3 is 0 Å². The van der Waals surface area contributed by atoms with Gasteiger partial charge in [-0.05, 0) is 90.0 Å². The molecule has 2 aromatic carbocycles. The van der Waals surface area contributed by atoms with Crippen LogP contribution in [0.3, 0.4) is 0 Å². The summed E-state index contributed by atoms with van der Waals surface area (Å²) in [5.41, 5.74) is 4.37. The van der Waals surface area contributed by atoms with Gasteiger partial charge in [0.1, 0.15) is 5.82 Å². The van der Waals surface area contributed by atoms with Crippen molar-refractivity contribution in [1.29, 1.82) is 0 Å². The van der Waals surface area contributed by atoms with E-state index in [-0.39, 0.29) is 11.7 Å². The summed E-state index contributed by atoms with van der Waals surface area (Å²) in [6.07, 6.45) is 4.23. The molecular formula is C32H36FN3O2S. The van der Waals surface area contributed by atoms with Crippen LogP contribution in [0.5, 0.6) is 0 Å². The van der Waals surface area contributed by atoms with E-state index in [4.69, 9.17) is 4.74 Å². The Balaban J connectivity index is 1.17. The van der Waals surface area contributed by atoms with Gasteiger partial charge in [-0.2, -0.15) is 11.3 Å².